The largest absolute Gasteiger partial charge is 0.338 e. The predicted molar refractivity (Wildman–Crippen MR) is 46.6 cm³/mol. The summed E-state index contributed by atoms with van der Waals surface area (Å²) >= 11 is 0. The molecule has 12 heavy (non-hydrogen) atoms. The summed E-state index contributed by atoms with van der Waals surface area (Å²) in [5, 5.41) is 0. The molecule has 1 aliphatic carbocycles. The van der Waals surface area contributed by atoms with E-state index in [4.69, 9.17) is 5.73 Å². The maximum absolute atomic E-state index is 11.5. The first kappa shape index (κ1) is 8.05. The van der Waals surface area contributed by atoms with Crippen molar-refractivity contribution in [1.29, 1.82) is 0 Å². The van der Waals surface area contributed by atoms with Gasteiger partial charge in [0, 0.05) is 12.6 Å². The number of carbonyl (C=O) groups excluding carboxylic acids is 1. The SMILES string of the molecule is NC1CCN(C2CCCC2)C1=O. The van der Waals surface area contributed by atoms with Gasteiger partial charge in [0.2, 0.25) is 5.91 Å². The van der Waals surface area contributed by atoms with E-state index in [1.165, 1.54) is 25.7 Å². The molecule has 0 aromatic heterocycles. The van der Waals surface area contributed by atoms with Crippen molar-refractivity contribution in [2.75, 3.05) is 6.54 Å². The summed E-state index contributed by atoms with van der Waals surface area (Å²) < 4.78 is 0. The number of hydrogen-bond acceptors (Lipinski definition) is 2. The third-order valence-corrected chi connectivity index (χ3v) is 3.05. The number of hydrogen-bond donors (Lipinski definition) is 1. The van der Waals surface area contributed by atoms with Gasteiger partial charge in [-0.1, -0.05) is 12.8 Å². The highest BCUT2D eigenvalue weighted by Crippen LogP contribution is 2.26. The van der Waals surface area contributed by atoms with Gasteiger partial charge in [0.1, 0.15) is 0 Å². The first-order chi connectivity index (χ1) is 5.79. The standard InChI is InChI=1S/C9H16N2O/c10-8-5-6-11(9(8)12)7-3-1-2-4-7/h7-8H,1-6,10H2. The van der Waals surface area contributed by atoms with E-state index < -0.39 is 0 Å². The molecule has 0 aromatic carbocycles. The van der Waals surface area contributed by atoms with Gasteiger partial charge in [0.15, 0.2) is 0 Å². The van der Waals surface area contributed by atoms with Gasteiger partial charge in [-0.3, -0.25) is 4.79 Å². The summed E-state index contributed by atoms with van der Waals surface area (Å²) in [6.45, 7) is 0.894. The molecule has 1 unspecified atom stereocenters. The van der Waals surface area contributed by atoms with Crippen LogP contribution in [-0.2, 0) is 4.79 Å². The second-order valence-electron chi connectivity index (χ2n) is 3.87. The van der Waals surface area contributed by atoms with Crippen molar-refractivity contribution in [2.24, 2.45) is 5.73 Å². The normalized spacial score (nSPS) is 31.9. The molecule has 2 aliphatic rings. The highest BCUT2D eigenvalue weighted by Gasteiger charge is 2.34. The number of likely N-dealkylation sites (tertiary alicyclic amines) is 1. The molecule has 0 spiro atoms. The average Bonchev–Trinajstić information content (AvgIpc) is 2.64. The maximum Gasteiger partial charge on any atom is 0.239 e. The Morgan fingerprint density at radius 1 is 1.25 bits per heavy atom. The fourth-order valence-corrected chi connectivity index (χ4v) is 2.30. The van der Waals surface area contributed by atoms with Crippen molar-refractivity contribution in [2.45, 2.75) is 44.2 Å². The van der Waals surface area contributed by atoms with Gasteiger partial charge in [-0.25, -0.2) is 0 Å². The Kier molecular flexibility index (Phi) is 2.05. The average molecular weight is 168 g/mol. The van der Waals surface area contributed by atoms with E-state index in [2.05, 4.69) is 0 Å². The lowest BCUT2D eigenvalue weighted by Gasteiger charge is -2.23. The molecule has 2 N–H and O–H groups in total. The summed E-state index contributed by atoms with van der Waals surface area (Å²) in [5.41, 5.74) is 5.65. The Labute approximate surface area is 72.9 Å². The van der Waals surface area contributed by atoms with E-state index in [9.17, 15) is 4.79 Å². The summed E-state index contributed by atoms with van der Waals surface area (Å²) in [4.78, 5) is 13.5. The Hall–Kier alpha value is -0.570. The van der Waals surface area contributed by atoms with E-state index in [0.29, 0.717) is 6.04 Å². The van der Waals surface area contributed by atoms with Crippen LogP contribution in [0.15, 0.2) is 0 Å². The Morgan fingerprint density at radius 2 is 1.92 bits per heavy atom. The number of rotatable bonds is 1. The summed E-state index contributed by atoms with van der Waals surface area (Å²) in [7, 11) is 0. The second-order valence-corrected chi connectivity index (χ2v) is 3.87. The molecule has 3 nitrogen and oxygen atoms in total. The van der Waals surface area contributed by atoms with Crippen LogP contribution in [0.5, 0.6) is 0 Å². The van der Waals surface area contributed by atoms with E-state index in [1.807, 2.05) is 4.90 Å². The van der Waals surface area contributed by atoms with Crippen LogP contribution in [0.2, 0.25) is 0 Å². The minimum Gasteiger partial charge on any atom is -0.338 e. The molecule has 0 bridgehead atoms. The molecule has 0 aromatic rings. The molecule has 1 heterocycles. The van der Waals surface area contributed by atoms with E-state index in [0.717, 1.165) is 13.0 Å². The quantitative estimate of drug-likeness (QED) is 0.619. The van der Waals surface area contributed by atoms with Gasteiger partial charge in [-0.15, -0.1) is 0 Å². The molecule has 3 heteroatoms. The lowest BCUT2D eigenvalue weighted by molar-refractivity contribution is -0.130. The van der Waals surface area contributed by atoms with Crippen LogP contribution in [0.3, 0.4) is 0 Å². The number of carbonyl (C=O) groups is 1. The van der Waals surface area contributed by atoms with Crippen LogP contribution >= 0.6 is 0 Å². The molecular weight excluding hydrogens is 152 g/mol. The number of nitrogens with zero attached hydrogens (tertiary/aromatic N) is 1. The minimum atomic E-state index is -0.203. The number of amides is 1. The molecule has 2 fully saturated rings. The first-order valence-corrected chi connectivity index (χ1v) is 4.85. The van der Waals surface area contributed by atoms with Gasteiger partial charge in [0.05, 0.1) is 6.04 Å². The molecule has 1 saturated heterocycles. The zero-order valence-corrected chi connectivity index (χ0v) is 7.33. The maximum atomic E-state index is 11.5. The smallest absolute Gasteiger partial charge is 0.239 e. The number of nitrogens with two attached hydrogens (primary N) is 1. The van der Waals surface area contributed by atoms with Crippen molar-refractivity contribution in [3.8, 4) is 0 Å². The van der Waals surface area contributed by atoms with Gasteiger partial charge in [0.25, 0.3) is 0 Å². The van der Waals surface area contributed by atoms with Gasteiger partial charge in [-0.2, -0.15) is 0 Å². The summed E-state index contributed by atoms with van der Waals surface area (Å²) in [6.07, 6.45) is 5.81. The zero-order valence-electron chi connectivity index (χ0n) is 7.33. The van der Waals surface area contributed by atoms with Crippen LogP contribution in [0.25, 0.3) is 0 Å². The minimum absolute atomic E-state index is 0.182. The molecule has 0 radical (unpaired) electrons. The first-order valence-electron chi connectivity index (χ1n) is 4.85. The van der Waals surface area contributed by atoms with Crippen molar-refractivity contribution in [1.82, 2.24) is 4.90 Å². The fraction of sp³-hybridized carbons (Fsp3) is 0.889. The fourth-order valence-electron chi connectivity index (χ4n) is 2.30. The van der Waals surface area contributed by atoms with Gasteiger partial charge < -0.3 is 10.6 Å². The third-order valence-electron chi connectivity index (χ3n) is 3.05. The van der Waals surface area contributed by atoms with Crippen molar-refractivity contribution in [3.05, 3.63) is 0 Å². The van der Waals surface area contributed by atoms with E-state index in [-0.39, 0.29) is 11.9 Å². The highest BCUT2D eigenvalue weighted by molar-refractivity contribution is 5.84. The van der Waals surface area contributed by atoms with Crippen molar-refractivity contribution >= 4 is 5.91 Å². The van der Waals surface area contributed by atoms with Gasteiger partial charge >= 0.3 is 0 Å². The van der Waals surface area contributed by atoms with Gasteiger partial charge in [-0.05, 0) is 19.3 Å². The Balaban J connectivity index is 1.99. The monoisotopic (exact) mass is 168 g/mol. The Bertz CT molecular complexity index is 187. The summed E-state index contributed by atoms with van der Waals surface area (Å²) in [5.74, 6) is 0.182. The third kappa shape index (κ3) is 1.22. The topological polar surface area (TPSA) is 46.3 Å². The van der Waals surface area contributed by atoms with E-state index >= 15 is 0 Å². The lowest BCUT2D eigenvalue weighted by Crippen LogP contribution is -2.39. The van der Waals surface area contributed by atoms with Crippen molar-refractivity contribution in [3.63, 3.8) is 0 Å². The molecular formula is C9H16N2O. The molecule has 68 valence electrons. The molecule has 1 aliphatic heterocycles. The van der Waals surface area contributed by atoms with Crippen LogP contribution in [0, 0.1) is 0 Å². The summed E-state index contributed by atoms with van der Waals surface area (Å²) in [6, 6.07) is 0.316. The molecule has 1 atom stereocenters. The zero-order chi connectivity index (χ0) is 8.55. The van der Waals surface area contributed by atoms with Crippen LogP contribution in [0.4, 0.5) is 0 Å². The van der Waals surface area contributed by atoms with E-state index in [1.54, 1.807) is 0 Å². The Morgan fingerprint density at radius 3 is 2.42 bits per heavy atom. The highest BCUT2D eigenvalue weighted by atomic mass is 16.2. The molecule has 1 amide bonds. The molecule has 2 rings (SSSR count). The van der Waals surface area contributed by atoms with Crippen LogP contribution < -0.4 is 5.73 Å². The predicted octanol–water partition coefficient (Wildman–Crippen LogP) is 0.489. The molecule has 1 saturated carbocycles. The lowest BCUT2D eigenvalue weighted by atomic mass is 10.2. The van der Waals surface area contributed by atoms with Crippen LogP contribution in [0.1, 0.15) is 32.1 Å². The van der Waals surface area contributed by atoms with Crippen molar-refractivity contribution < 1.29 is 4.79 Å². The van der Waals surface area contributed by atoms with Crippen LogP contribution in [-0.4, -0.2) is 29.4 Å². The second kappa shape index (κ2) is 3.05.